The number of piperidine rings is 1. The van der Waals surface area contributed by atoms with Gasteiger partial charge in [-0.3, -0.25) is 4.79 Å². The normalized spacial score (nSPS) is 18.6. The molecule has 1 heterocycles. The van der Waals surface area contributed by atoms with Crippen molar-refractivity contribution >= 4 is 17.7 Å². The highest BCUT2D eigenvalue weighted by Gasteiger charge is 2.21. The lowest BCUT2D eigenvalue weighted by Gasteiger charge is -2.31. The Morgan fingerprint density at radius 1 is 1.40 bits per heavy atom. The maximum absolute atomic E-state index is 12.2. The molecule has 1 atom stereocenters. The van der Waals surface area contributed by atoms with E-state index in [2.05, 4.69) is 12.2 Å². The molecular formula is C15H20N2O3. The van der Waals surface area contributed by atoms with E-state index in [1.807, 2.05) is 0 Å². The molecule has 1 saturated heterocycles. The molecule has 1 aromatic rings. The number of carboxylic acid groups (broad SMARTS) is 1. The van der Waals surface area contributed by atoms with E-state index in [1.165, 1.54) is 0 Å². The maximum atomic E-state index is 12.2. The van der Waals surface area contributed by atoms with E-state index >= 15 is 0 Å². The number of nitrogens with zero attached hydrogens (tertiary/aromatic N) is 1. The van der Waals surface area contributed by atoms with Crippen molar-refractivity contribution in [2.75, 3.05) is 18.4 Å². The SMILES string of the molecule is CC1CCCN(C(=O)Nc2ccccc2CC(=O)O)C1. The second-order valence-electron chi connectivity index (χ2n) is 5.35. The van der Waals surface area contributed by atoms with Crippen LogP contribution >= 0.6 is 0 Å². The minimum absolute atomic E-state index is 0.0904. The molecule has 2 amide bonds. The van der Waals surface area contributed by atoms with E-state index in [0.29, 0.717) is 17.2 Å². The molecule has 2 N–H and O–H groups in total. The van der Waals surface area contributed by atoms with Gasteiger partial charge >= 0.3 is 12.0 Å². The van der Waals surface area contributed by atoms with Gasteiger partial charge in [0, 0.05) is 18.8 Å². The lowest BCUT2D eigenvalue weighted by molar-refractivity contribution is -0.136. The van der Waals surface area contributed by atoms with Crippen LogP contribution in [-0.4, -0.2) is 35.1 Å². The number of likely N-dealkylation sites (tertiary alicyclic amines) is 1. The van der Waals surface area contributed by atoms with Crippen molar-refractivity contribution < 1.29 is 14.7 Å². The van der Waals surface area contributed by atoms with Crippen molar-refractivity contribution in [1.82, 2.24) is 4.90 Å². The number of hydrogen-bond donors (Lipinski definition) is 2. The molecule has 0 radical (unpaired) electrons. The number of para-hydroxylation sites is 1. The van der Waals surface area contributed by atoms with Gasteiger partial charge in [-0.1, -0.05) is 25.1 Å². The number of hydrogen-bond acceptors (Lipinski definition) is 2. The van der Waals surface area contributed by atoms with Crippen LogP contribution in [0.25, 0.3) is 0 Å². The Hall–Kier alpha value is -2.04. The van der Waals surface area contributed by atoms with Crippen LogP contribution in [0, 0.1) is 5.92 Å². The number of aliphatic carboxylic acids is 1. The molecule has 1 fully saturated rings. The molecule has 1 aromatic carbocycles. The molecule has 1 aliphatic heterocycles. The predicted octanol–water partition coefficient (Wildman–Crippen LogP) is 2.58. The predicted molar refractivity (Wildman–Crippen MR) is 76.8 cm³/mol. The molecule has 0 aliphatic carbocycles. The zero-order valence-corrected chi connectivity index (χ0v) is 11.6. The van der Waals surface area contributed by atoms with E-state index in [9.17, 15) is 9.59 Å². The third kappa shape index (κ3) is 3.73. The lowest BCUT2D eigenvalue weighted by Crippen LogP contribution is -2.41. The summed E-state index contributed by atoms with van der Waals surface area (Å²) in [5.41, 5.74) is 1.21. The number of urea groups is 1. The number of rotatable bonds is 3. The molecule has 0 aromatic heterocycles. The monoisotopic (exact) mass is 276 g/mol. The van der Waals surface area contributed by atoms with Crippen molar-refractivity contribution in [3.8, 4) is 0 Å². The fourth-order valence-corrected chi connectivity index (χ4v) is 2.53. The van der Waals surface area contributed by atoms with Gasteiger partial charge in [-0.25, -0.2) is 4.79 Å². The van der Waals surface area contributed by atoms with Gasteiger partial charge in [-0.2, -0.15) is 0 Å². The summed E-state index contributed by atoms with van der Waals surface area (Å²) in [5, 5.41) is 11.7. The first kappa shape index (κ1) is 14.4. The molecule has 5 heteroatoms. The Kier molecular flexibility index (Phi) is 4.61. The van der Waals surface area contributed by atoms with Gasteiger partial charge in [-0.05, 0) is 30.4 Å². The molecule has 0 saturated carbocycles. The Morgan fingerprint density at radius 2 is 2.15 bits per heavy atom. The molecule has 1 aliphatic rings. The van der Waals surface area contributed by atoms with Crippen LogP contribution in [0.2, 0.25) is 0 Å². The Bertz CT molecular complexity index is 502. The van der Waals surface area contributed by atoms with Crippen molar-refractivity contribution in [3.63, 3.8) is 0 Å². The second kappa shape index (κ2) is 6.41. The van der Waals surface area contributed by atoms with Gasteiger partial charge in [0.15, 0.2) is 0 Å². The van der Waals surface area contributed by atoms with Crippen molar-refractivity contribution in [1.29, 1.82) is 0 Å². The molecule has 2 rings (SSSR count). The highest BCUT2D eigenvalue weighted by atomic mass is 16.4. The Morgan fingerprint density at radius 3 is 2.85 bits per heavy atom. The summed E-state index contributed by atoms with van der Waals surface area (Å²) in [6.45, 7) is 3.65. The first-order valence-electron chi connectivity index (χ1n) is 6.92. The van der Waals surface area contributed by atoms with Crippen LogP contribution in [0.5, 0.6) is 0 Å². The second-order valence-corrected chi connectivity index (χ2v) is 5.35. The van der Waals surface area contributed by atoms with Gasteiger partial charge in [0.1, 0.15) is 0 Å². The number of benzene rings is 1. The molecule has 20 heavy (non-hydrogen) atoms. The van der Waals surface area contributed by atoms with Crippen molar-refractivity contribution in [2.45, 2.75) is 26.2 Å². The van der Waals surface area contributed by atoms with Gasteiger partial charge in [0.05, 0.1) is 6.42 Å². The summed E-state index contributed by atoms with van der Waals surface area (Å²) in [4.78, 5) is 24.8. The van der Waals surface area contributed by atoms with Gasteiger partial charge in [0.25, 0.3) is 0 Å². The summed E-state index contributed by atoms with van der Waals surface area (Å²) in [7, 11) is 0. The maximum Gasteiger partial charge on any atom is 0.321 e. The number of amides is 2. The summed E-state index contributed by atoms with van der Waals surface area (Å²) in [6.07, 6.45) is 2.08. The molecule has 1 unspecified atom stereocenters. The van der Waals surface area contributed by atoms with Crippen LogP contribution in [0.1, 0.15) is 25.3 Å². The molecule has 0 bridgehead atoms. The quantitative estimate of drug-likeness (QED) is 0.891. The highest BCUT2D eigenvalue weighted by molar-refractivity contribution is 5.91. The topological polar surface area (TPSA) is 69.6 Å². The molecular weight excluding hydrogens is 256 g/mol. The first-order chi connectivity index (χ1) is 9.56. The largest absolute Gasteiger partial charge is 0.481 e. The van der Waals surface area contributed by atoms with Gasteiger partial charge < -0.3 is 15.3 Å². The third-order valence-electron chi connectivity index (χ3n) is 3.54. The lowest BCUT2D eigenvalue weighted by atomic mass is 10.0. The first-order valence-corrected chi connectivity index (χ1v) is 6.92. The van der Waals surface area contributed by atoms with Crippen molar-refractivity contribution in [3.05, 3.63) is 29.8 Å². The fraction of sp³-hybridized carbons (Fsp3) is 0.467. The third-order valence-corrected chi connectivity index (χ3v) is 3.54. The van der Waals surface area contributed by atoms with Crippen LogP contribution in [0.3, 0.4) is 0 Å². The summed E-state index contributed by atoms with van der Waals surface area (Å²) < 4.78 is 0. The average molecular weight is 276 g/mol. The Labute approximate surface area is 118 Å². The average Bonchev–Trinajstić information content (AvgIpc) is 2.40. The minimum atomic E-state index is -0.904. The standard InChI is InChI=1S/C15H20N2O3/c1-11-5-4-8-17(10-11)15(20)16-13-7-3-2-6-12(13)9-14(18)19/h2-3,6-7,11H,4-5,8-10H2,1H3,(H,16,20)(H,18,19). The molecule has 0 spiro atoms. The van der Waals surface area contributed by atoms with Crippen LogP contribution in [0.15, 0.2) is 24.3 Å². The summed E-state index contributed by atoms with van der Waals surface area (Å²) in [5.74, 6) is -0.387. The molecule has 5 nitrogen and oxygen atoms in total. The van der Waals surface area contributed by atoms with E-state index in [0.717, 1.165) is 25.9 Å². The zero-order valence-electron chi connectivity index (χ0n) is 11.6. The molecule has 108 valence electrons. The van der Waals surface area contributed by atoms with Crippen LogP contribution < -0.4 is 5.32 Å². The van der Waals surface area contributed by atoms with E-state index in [1.54, 1.807) is 29.2 Å². The minimum Gasteiger partial charge on any atom is -0.481 e. The number of carbonyl (C=O) groups excluding carboxylic acids is 1. The Balaban J connectivity index is 2.05. The van der Waals surface area contributed by atoms with Crippen LogP contribution in [-0.2, 0) is 11.2 Å². The van der Waals surface area contributed by atoms with E-state index in [4.69, 9.17) is 5.11 Å². The number of carboxylic acids is 1. The summed E-state index contributed by atoms with van der Waals surface area (Å²) >= 11 is 0. The van der Waals surface area contributed by atoms with Crippen LogP contribution in [0.4, 0.5) is 10.5 Å². The fourth-order valence-electron chi connectivity index (χ4n) is 2.53. The zero-order chi connectivity index (χ0) is 14.5. The number of carbonyl (C=O) groups is 2. The van der Waals surface area contributed by atoms with Gasteiger partial charge in [0.2, 0.25) is 0 Å². The van der Waals surface area contributed by atoms with E-state index in [-0.39, 0.29) is 12.5 Å². The van der Waals surface area contributed by atoms with Crippen molar-refractivity contribution in [2.24, 2.45) is 5.92 Å². The summed E-state index contributed by atoms with van der Waals surface area (Å²) in [6, 6.07) is 6.89. The highest BCUT2D eigenvalue weighted by Crippen LogP contribution is 2.19. The number of nitrogens with one attached hydrogen (secondary N) is 1. The van der Waals surface area contributed by atoms with E-state index < -0.39 is 5.97 Å². The van der Waals surface area contributed by atoms with Gasteiger partial charge in [-0.15, -0.1) is 0 Å². The smallest absolute Gasteiger partial charge is 0.321 e. The number of anilines is 1.